The standard InChI is InChI=1S/C12H6Cl4I.ClH/c13-7-1-3-11(9(15)5-7)17-12-4-2-8(14)6-10(12)16;/h1-6H;1H/q+1;. The van der Waals surface area contributed by atoms with Crippen LogP contribution in [-0.2, 0) is 0 Å². The molecule has 0 nitrogen and oxygen atoms in total. The molecule has 0 bridgehead atoms. The van der Waals surface area contributed by atoms with Gasteiger partial charge in [-0.2, -0.15) is 0 Å². The summed E-state index contributed by atoms with van der Waals surface area (Å²) < 4.78 is 2.19. The molecule has 0 unspecified atom stereocenters. The Labute approximate surface area is 142 Å². The largest absolute Gasteiger partial charge is 0.361 e. The third-order valence-corrected chi connectivity index (χ3v) is 6.74. The van der Waals surface area contributed by atoms with Crippen molar-refractivity contribution >= 4 is 58.8 Å². The Kier molecular flexibility index (Phi) is 6.87. The van der Waals surface area contributed by atoms with Gasteiger partial charge in [-0.1, -0.05) is 46.4 Å². The topological polar surface area (TPSA) is 0 Å². The minimum Gasteiger partial charge on any atom is -0.147 e. The van der Waals surface area contributed by atoms with Crippen LogP contribution in [0.5, 0.6) is 0 Å². The first-order valence-electron chi connectivity index (χ1n) is 4.61. The van der Waals surface area contributed by atoms with Gasteiger partial charge in [0.05, 0.1) is 10.0 Å². The van der Waals surface area contributed by atoms with E-state index in [1.807, 2.05) is 24.3 Å². The highest BCUT2D eigenvalue weighted by molar-refractivity contribution is 6.35. The van der Waals surface area contributed by atoms with Crippen LogP contribution in [0, 0.1) is 7.14 Å². The van der Waals surface area contributed by atoms with Gasteiger partial charge in [0, 0.05) is 10.0 Å². The lowest BCUT2D eigenvalue weighted by Gasteiger charge is -1.95. The van der Waals surface area contributed by atoms with Crippen molar-refractivity contribution in [1.82, 2.24) is 0 Å². The molecule has 2 aromatic carbocycles. The van der Waals surface area contributed by atoms with Gasteiger partial charge in [0.25, 0.3) is 0 Å². The monoisotopic (exact) mass is 453 g/mol. The molecule has 0 fully saturated rings. The van der Waals surface area contributed by atoms with Crippen LogP contribution in [0.3, 0.4) is 0 Å². The van der Waals surface area contributed by atoms with Gasteiger partial charge in [-0.15, -0.1) is 12.4 Å². The van der Waals surface area contributed by atoms with Crippen LogP contribution in [0.4, 0.5) is 0 Å². The smallest absolute Gasteiger partial charge is 0.147 e. The van der Waals surface area contributed by atoms with Crippen molar-refractivity contribution in [3.8, 4) is 0 Å². The molecule has 0 N–H and O–H groups in total. The van der Waals surface area contributed by atoms with E-state index >= 15 is 0 Å². The minimum atomic E-state index is -0.421. The molecule has 0 spiro atoms. The van der Waals surface area contributed by atoms with Gasteiger partial charge < -0.3 is 0 Å². The summed E-state index contributed by atoms with van der Waals surface area (Å²) in [4.78, 5) is 0. The fourth-order valence-corrected chi connectivity index (χ4v) is 4.67. The minimum absolute atomic E-state index is 0. The van der Waals surface area contributed by atoms with Crippen molar-refractivity contribution < 1.29 is 21.2 Å². The van der Waals surface area contributed by atoms with Crippen molar-refractivity contribution in [2.75, 3.05) is 0 Å². The first-order valence-corrected chi connectivity index (χ1v) is 8.28. The molecule has 0 aromatic heterocycles. The zero-order chi connectivity index (χ0) is 12.4. The van der Waals surface area contributed by atoms with Crippen molar-refractivity contribution in [3.63, 3.8) is 0 Å². The molecule has 0 radical (unpaired) electrons. The number of hydrogen-bond donors (Lipinski definition) is 0. The Bertz CT molecular complexity index is 507. The Morgan fingerprint density at radius 1 is 0.667 bits per heavy atom. The second-order valence-corrected chi connectivity index (χ2v) is 7.76. The van der Waals surface area contributed by atoms with Gasteiger partial charge >= 0.3 is 21.2 Å². The van der Waals surface area contributed by atoms with Gasteiger partial charge in [-0.05, 0) is 36.4 Å². The first-order chi connectivity index (χ1) is 8.06. The predicted molar refractivity (Wildman–Crippen MR) is 77.6 cm³/mol. The highest BCUT2D eigenvalue weighted by Gasteiger charge is 2.22. The van der Waals surface area contributed by atoms with E-state index < -0.39 is 21.2 Å². The SMILES string of the molecule is Cl.Clc1ccc([I+]c2ccc(Cl)cc2Cl)c(Cl)c1. The Morgan fingerprint density at radius 2 is 1.06 bits per heavy atom. The summed E-state index contributed by atoms with van der Waals surface area (Å²) in [7, 11) is 0. The average Bonchev–Trinajstić information content (AvgIpc) is 2.25. The van der Waals surface area contributed by atoms with Crippen molar-refractivity contribution in [2.24, 2.45) is 0 Å². The molecule has 0 saturated carbocycles. The van der Waals surface area contributed by atoms with Crippen molar-refractivity contribution in [1.29, 1.82) is 0 Å². The van der Waals surface area contributed by atoms with Crippen LogP contribution >= 0.6 is 58.8 Å². The molecule has 0 heterocycles. The Balaban J connectivity index is 0.00000162. The summed E-state index contributed by atoms with van der Waals surface area (Å²) >= 11 is 23.6. The van der Waals surface area contributed by atoms with Crippen LogP contribution in [-0.4, -0.2) is 0 Å². The van der Waals surface area contributed by atoms with Crippen LogP contribution in [0.2, 0.25) is 20.1 Å². The maximum Gasteiger partial charge on any atom is 0.361 e. The molecule has 0 atom stereocenters. The third kappa shape index (κ3) is 4.32. The zero-order valence-corrected chi connectivity index (χ0v) is 14.8. The van der Waals surface area contributed by atoms with Gasteiger partial charge in [0.2, 0.25) is 7.14 Å². The fraction of sp³-hybridized carbons (Fsp3) is 0. The summed E-state index contributed by atoms with van der Waals surface area (Å²) in [6, 6.07) is 11.1. The summed E-state index contributed by atoms with van der Waals surface area (Å²) in [5.74, 6) is 0. The molecular weight excluding hydrogens is 448 g/mol. The molecule has 0 aliphatic carbocycles. The molecule has 0 saturated heterocycles. The lowest BCUT2D eigenvalue weighted by molar-refractivity contribution is -0.597. The number of rotatable bonds is 2. The molecule has 2 rings (SSSR count). The first kappa shape index (κ1) is 16.7. The molecule has 96 valence electrons. The van der Waals surface area contributed by atoms with Crippen molar-refractivity contribution in [2.45, 2.75) is 0 Å². The van der Waals surface area contributed by atoms with Gasteiger partial charge in [0.15, 0.2) is 0 Å². The lowest BCUT2D eigenvalue weighted by atomic mass is 10.4. The van der Waals surface area contributed by atoms with E-state index in [0.29, 0.717) is 20.1 Å². The van der Waals surface area contributed by atoms with E-state index in [4.69, 9.17) is 46.4 Å². The molecule has 18 heavy (non-hydrogen) atoms. The zero-order valence-electron chi connectivity index (χ0n) is 8.76. The quantitative estimate of drug-likeness (QED) is 0.483. The molecule has 2 aromatic rings. The van der Waals surface area contributed by atoms with Gasteiger partial charge in [-0.3, -0.25) is 0 Å². The number of benzene rings is 2. The molecule has 0 aliphatic rings. The maximum atomic E-state index is 6.14. The predicted octanol–water partition coefficient (Wildman–Crippen LogP) is 2.85. The van der Waals surface area contributed by atoms with Crippen molar-refractivity contribution in [3.05, 3.63) is 63.6 Å². The van der Waals surface area contributed by atoms with Crippen LogP contribution in [0.15, 0.2) is 36.4 Å². The molecule has 0 aliphatic heterocycles. The van der Waals surface area contributed by atoms with Gasteiger partial charge in [0.1, 0.15) is 0 Å². The molecular formula is C12H7Cl5I+. The normalized spacial score (nSPS) is 10.0. The van der Waals surface area contributed by atoms with E-state index in [2.05, 4.69) is 0 Å². The summed E-state index contributed by atoms with van der Waals surface area (Å²) in [6.07, 6.45) is 0. The lowest BCUT2D eigenvalue weighted by Crippen LogP contribution is -3.61. The van der Waals surface area contributed by atoms with E-state index in [9.17, 15) is 0 Å². The van der Waals surface area contributed by atoms with Crippen LogP contribution in [0.1, 0.15) is 0 Å². The second kappa shape index (κ2) is 7.41. The Morgan fingerprint density at radius 3 is 1.39 bits per heavy atom. The highest BCUT2D eigenvalue weighted by Crippen LogP contribution is 2.17. The molecule has 6 heteroatoms. The van der Waals surface area contributed by atoms with Gasteiger partial charge in [-0.25, -0.2) is 0 Å². The van der Waals surface area contributed by atoms with E-state index in [-0.39, 0.29) is 12.4 Å². The summed E-state index contributed by atoms with van der Waals surface area (Å²) in [5.41, 5.74) is 0. The summed E-state index contributed by atoms with van der Waals surface area (Å²) in [5, 5.41) is 2.67. The van der Waals surface area contributed by atoms with E-state index in [1.165, 1.54) is 0 Å². The molecule has 0 amide bonds. The third-order valence-electron chi connectivity index (χ3n) is 1.97. The summed E-state index contributed by atoms with van der Waals surface area (Å²) in [6.45, 7) is 0. The second-order valence-electron chi connectivity index (χ2n) is 3.21. The highest BCUT2D eigenvalue weighted by atomic mass is 127. The fourth-order valence-electron chi connectivity index (χ4n) is 1.20. The van der Waals surface area contributed by atoms with Crippen LogP contribution in [0.25, 0.3) is 0 Å². The van der Waals surface area contributed by atoms with E-state index in [0.717, 1.165) is 7.14 Å². The van der Waals surface area contributed by atoms with Crippen LogP contribution < -0.4 is 21.2 Å². The number of halogens is 6. The number of hydrogen-bond acceptors (Lipinski definition) is 0. The maximum absolute atomic E-state index is 6.14. The van der Waals surface area contributed by atoms with E-state index in [1.54, 1.807) is 12.1 Å². The average molecular weight is 455 g/mol. The Hall–Kier alpha value is 0.620.